The van der Waals surface area contributed by atoms with Gasteiger partial charge in [0, 0.05) is 13.1 Å². The van der Waals surface area contributed by atoms with E-state index in [2.05, 4.69) is 36.1 Å². The first-order valence-electron chi connectivity index (χ1n) is 11.0. The van der Waals surface area contributed by atoms with Gasteiger partial charge in [-0.15, -0.1) is 0 Å². The van der Waals surface area contributed by atoms with Crippen LogP contribution in [-0.2, 0) is 13.1 Å². The summed E-state index contributed by atoms with van der Waals surface area (Å²) in [6.45, 7) is 6.32. The van der Waals surface area contributed by atoms with Crippen LogP contribution in [0.5, 0.6) is 23.0 Å². The van der Waals surface area contributed by atoms with Crippen molar-refractivity contribution in [2.75, 3.05) is 13.3 Å². The fourth-order valence-corrected chi connectivity index (χ4v) is 3.99. The van der Waals surface area contributed by atoms with Gasteiger partial charge in [-0.1, -0.05) is 42.0 Å². The van der Waals surface area contributed by atoms with Gasteiger partial charge in [-0.3, -0.25) is 9.69 Å². The van der Waals surface area contributed by atoms with Crippen LogP contribution in [0.3, 0.4) is 0 Å². The van der Waals surface area contributed by atoms with Crippen molar-refractivity contribution in [3.8, 4) is 23.0 Å². The molecule has 0 amide bonds. The molecular weight excluding hydrogens is 418 g/mol. The molecule has 0 saturated carbocycles. The Morgan fingerprint density at radius 3 is 2.55 bits per heavy atom. The van der Waals surface area contributed by atoms with Crippen LogP contribution in [0.4, 0.5) is 0 Å². The lowest BCUT2D eigenvalue weighted by Gasteiger charge is -2.29. The highest BCUT2D eigenvalue weighted by Crippen LogP contribution is 2.34. The Morgan fingerprint density at radius 1 is 0.970 bits per heavy atom. The minimum absolute atomic E-state index is 0.114. The Labute approximate surface area is 191 Å². The molecule has 1 aliphatic rings. The van der Waals surface area contributed by atoms with Crippen molar-refractivity contribution in [3.05, 3.63) is 93.8 Å². The zero-order chi connectivity index (χ0) is 22.8. The second-order valence-corrected chi connectivity index (χ2v) is 8.08. The normalized spacial score (nSPS) is 13.4. The topological polar surface area (TPSA) is 61.1 Å². The molecule has 4 aromatic rings. The fraction of sp³-hybridized carbons (Fsp3) is 0.222. The molecule has 0 bridgehead atoms. The van der Waals surface area contributed by atoms with Crippen molar-refractivity contribution in [1.29, 1.82) is 0 Å². The number of benzene rings is 3. The van der Waals surface area contributed by atoms with Gasteiger partial charge in [-0.05, 0) is 43.7 Å². The Hall–Kier alpha value is -3.77. The summed E-state index contributed by atoms with van der Waals surface area (Å²) in [5.74, 6) is 1.89. The summed E-state index contributed by atoms with van der Waals surface area (Å²) < 4.78 is 23.4. The number of fused-ring (bicyclic) bond motifs is 3. The minimum Gasteiger partial charge on any atom is -0.490 e. The zero-order valence-electron chi connectivity index (χ0n) is 18.7. The van der Waals surface area contributed by atoms with E-state index in [0.717, 1.165) is 17.9 Å². The molecule has 0 fully saturated rings. The second kappa shape index (κ2) is 9.00. The summed E-state index contributed by atoms with van der Waals surface area (Å²) in [6.07, 6.45) is 1.37. The molecule has 3 aromatic carbocycles. The predicted molar refractivity (Wildman–Crippen MR) is 126 cm³/mol. The zero-order valence-corrected chi connectivity index (χ0v) is 18.7. The summed E-state index contributed by atoms with van der Waals surface area (Å²) in [6, 6.07) is 19.3. The van der Waals surface area contributed by atoms with Gasteiger partial charge < -0.3 is 18.6 Å². The number of ether oxygens (including phenoxy) is 3. The number of hydrogen-bond donors (Lipinski definition) is 0. The van der Waals surface area contributed by atoms with E-state index in [1.807, 2.05) is 25.1 Å². The van der Waals surface area contributed by atoms with E-state index >= 15 is 0 Å². The van der Waals surface area contributed by atoms with Crippen molar-refractivity contribution < 1.29 is 18.6 Å². The first-order chi connectivity index (χ1) is 16.1. The van der Waals surface area contributed by atoms with Gasteiger partial charge in [0.25, 0.3) is 0 Å². The Kier molecular flexibility index (Phi) is 5.75. The highest BCUT2D eigenvalue weighted by atomic mass is 16.5. The van der Waals surface area contributed by atoms with Crippen LogP contribution in [-0.4, -0.2) is 18.2 Å². The number of hydrogen-bond acceptors (Lipinski definition) is 6. The average Bonchev–Trinajstić information content (AvgIpc) is 2.83. The van der Waals surface area contributed by atoms with Gasteiger partial charge in [0.1, 0.15) is 24.3 Å². The van der Waals surface area contributed by atoms with E-state index in [1.54, 1.807) is 18.2 Å². The van der Waals surface area contributed by atoms with Crippen LogP contribution in [0.25, 0.3) is 11.0 Å². The average molecular weight is 443 g/mol. The van der Waals surface area contributed by atoms with Gasteiger partial charge in [0.2, 0.25) is 11.2 Å². The smallest absolute Gasteiger partial charge is 0.235 e. The summed E-state index contributed by atoms with van der Waals surface area (Å²) in [5.41, 5.74) is 3.59. The molecule has 0 N–H and O–H groups in total. The molecule has 1 aromatic heterocycles. The van der Waals surface area contributed by atoms with E-state index in [0.29, 0.717) is 42.4 Å². The number of aryl methyl sites for hydroxylation is 1. The molecule has 0 aliphatic carbocycles. The molecule has 0 radical (unpaired) electrons. The molecule has 6 heteroatoms. The summed E-state index contributed by atoms with van der Waals surface area (Å²) in [7, 11) is 0. The SMILES string of the molecule is CCOc1ccccc1Oc1coc2c3c(ccc2c1=O)OCN(Cc1ccc(C)cc1)C3. The lowest BCUT2D eigenvalue weighted by atomic mass is 10.1. The van der Waals surface area contributed by atoms with Crippen LogP contribution >= 0.6 is 0 Å². The summed E-state index contributed by atoms with van der Waals surface area (Å²) in [4.78, 5) is 15.4. The highest BCUT2D eigenvalue weighted by molar-refractivity contribution is 5.83. The molecule has 0 saturated heterocycles. The molecule has 6 nitrogen and oxygen atoms in total. The summed E-state index contributed by atoms with van der Waals surface area (Å²) >= 11 is 0. The molecule has 1 aliphatic heterocycles. The fourth-order valence-electron chi connectivity index (χ4n) is 3.99. The quantitative estimate of drug-likeness (QED) is 0.384. The maximum absolute atomic E-state index is 13.2. The Balaban J connectivity index is 1.44. The van der Waals surface area contributed by atoms with Gasteiger partial charge in [-0.25, -0.2) is 0 Å². The molecule has 5 rings (SSSR count). The Bertz CT molecular complexity index is 1340. The van der Waals surface area contributed by atoms with Crippen molar-refractivity contribution in [3.63, 3.8) is 0 Å². The molecule has 0 unspecified atom stereocenters. The first-order valence-corrected chi connectivity index (χ1v) is 11.0. The van der Waals surface area contributed by atoms with Crippen LogP contribution in [0.1, 0.15) is 23.6 Å². The highest BCUT2D eigenvalue weighted by Gasteiger charge is 2.23. The van der Waals surface area contributed by atoms with Gasteiger partial charge in [0.15, 0.2) is 11.5 Å². The van der Waals surface area contributed by atoms with Crippen molar-refractivity contribution >= 4 is 11.0 Å². The largest absolute Gasteiger partial charge is 0.490 e. The lowest BCUT2D eigenvalue weighted by Crippen LogP contribution is -2.31. The van der Waals surface area contributed by atoms with Crippen LogP contribution < -0.4 is 19.6 Å². The maximum atomic E-state index is 13.2. The summed E-state index contributed by atoms with van der Waals surface area (Å²) in [5, 5.41) is 0.459. The molecule has 33 heavy (non-hydrogen) atoms. The molecule has 0 atom stereocenters. The molecular formula is C27H25NO5. The van der Waals surface area contributed by atoms with Gasteiger partial charge in [-0.2, -0.15) is 0 Å². The lowest BCUT2D eigenvalue weighted by molar-refractivity contribution is 0.0890. The number of para-hydroxylation sites is 2. The maximum Gasteiger partial charge on any atom is 0.235 e. The van der Waals surface area contributed by atoms with Crippen molar-refractivity contribution in [2.24, 2.45) is 0 Å². The Morgan fingerprint density at radius 2 is 1.76 bits per heavy atom. The third kappa shape index (κ3) is 4.30. The predicted octanol–water partition coefficient (Wildman–Crippen LogP) is 5.64. The van der Waals surface area contributed by atoms with Gasteiger partial charge >= 0.3 is 0 Å². The first kappa shape index (κ1) is 21.1. The molecule has 2 heterocycles. The van der Waals surface area contributed by atoms with E-state index < -0.39 is 0 Å². The third-order valence-corrected chi connectivity index (χ3v) is 5.65. The van der Waals surface area contributed by atoms with E-state index in [-0.39, 0.29) is 11.2 Å². The van der Waals surface area contributed by atoms with Crippen LogP contribution in [0.15, 0.2) is 76.1 Å². The van der Waals surface area contributed by atoms with Crippen LogP contribution in [0.2, 0.25) is 0 Å². The van der Waals surface area contributed by atoms with Gasteiger partial charge in [0.05, 0.1) is 17.6 Å². The van der Waals surface area contributed by atoms with Crippen LogP contribution in [0, 0.1) is 6.92 Å². The molecule has 0 spiro atoms. The standard InChI is InChI=1S/C27H25NO5/c1-3-30-23-6-4-5-7-24(23)33-25-16-31-27-20(26(25)29)12-13-22-21(27)15-28(17-32-22)14-19-10-8-18(2)9-11-19/h4-13,16H,3,14-15,17H2,1-2H3. The number of nitrogens with zero attached hydrogens (tertiary/aromatic N) is 1. The van der Waals surface area contributed by atoms with Crippen molar-refractivity contribution in [2.45, 2.75) is 26.9 Å². The number of rotatable bonds is 6. The van der Waals surface area contributed by atoms with E-state index in [1.165, 1.54) is 17.4 Å². The second-order valence-electron chi connectivity index (χ2n) is 8.08. The van der Waals surface area contributed by atoms with Crippen molar-refractivity contribution in [1.82, 2.24) is 4.90 Å². The third-order valence-electron chi connectivity index (χ3n) is 5.65. The van der Waals surface area contributed by atoms with E-state index in [4.69, 9.17) is 18.6 Å². The monoisotopic (exact) mass is 443 g/mol. The minimum atomic E-state index is -0.235. The molecule has 168 valence electrons. The van der Waals surface area contributed by atoms with E-state index in [9.17, 15) is 4.79 Å².